The molecule has 74 heavy (non-hydrogen) atoms. The van der Waals surface area contributed by atoms with E-state index in [9.17, 15) is 50.8 Å². The summed E-state index contributed by atoms with van der Waals surface area (Å²) in [5.41, 5.74) is -0.0976. The number of carbonyl (C=O) groups excluding carboxylic acids is 1. The van der Waals surface area contributed by atoms with Crippen LogP contribution in [0.2, 0.25) is 0 Å². The highest BCUT2D eigenvalue weighted by molar-refractivity contribution is 5.87. The van der Waals surface area contributed by atoms with Gasteiger partial charge >= 0.3 is 5.97 Å². The number of hydrogen-bond acceptors (Lipinski definition) is 19. The molecule has 19 heteroatoms. The van der Waals surface area contributed by atoms with Gasteiger partial charge in [-0.1, -0.05) is 51.5 Å². The molecule has 5 heterocycles. The van der Waals surface area contributed by atoms with Crippen LogP contribution >= 0.6 is 0 Å². The second kappa shape index (κ2) is 19.9. The average Bonchev–Trinajstić information content (AvgIpc) is 3.96. The van der Waals surface area contributed by atoms with Gasteiger partial charge in [-0.3, -0.25) is 0 Å². The van der Waals surface area contributed by atoms with E-state index in [1.54, 1.807) is 12.1 Å². The fraction of sp³-hybridized carbons (Fsp3) is 0.800. The fourth-order valence-electron chi connectivity index (χ4n) is 16.7. The van der Waals surface area contributed by atoms with Crippen LogP contribution in [0.25, 0.3) is 6.08 Å². The van der Waals surface area contributed by atoms with Gasteiger partial charge in [0.2, 0.25) is 0 Å². The molecular formula is C55H80O19. The highest BCUT2D eigenvalue weighted by Crippen LogP contribution is 2.80. The molecule has 414 valence electrons. The Hall–Kier alpha value is -2.67. The molecule has 2 spiro atoms. The van der Waals surface area contributed by atoms with Crippen molar-refractivity contribution in [3.8, 4) is 5.75 Å². The largest absolute Gasteiger partial charge is 0.508 e. The van der Waals surface area contributed by atoms with E-state index in [1.807, 2.05) is 6.92 Å². The van der Waals surface area contributed by atoms with Gasteiger partial charge in [0.05, 0.1) is 44.2 Å². The van der Waals surface area contributed by atoms with E-state index in [4.69, 9.17) is 42.6 Å². The molecule has 0 radical (unpaired) electrons. The van der Waals surface area contributed by atoms with E-state index >= 15 is 0 Å². The first-order chi connectivity index (χ1) is 34.9. The number of aliphatic hydroxyl groups is 8. The van der Waals surface area contributed by atoms with Gasteiger partial charge < -0.3 is 88.6 Å². The minimum absolute atomic E-state index is 0.0275. The second-order valence-electron chi connectivity index (χ2n) is 24.8. The summed E-state index contributed by atoms with van der Waals surface area (Å²) in [4.78, 5) is 13.1. The van der Waals surface area contributed by atoms with E-state index < -0.39 is 122 Å². The van der Waals surface area contributed by atoms with Gasteiger partial charge in [0.1, 0.15) is 60.7 Å². The van der Waals surface area contributed by atoms with Gasteiger partial charge in [0.15, 0.2) is 30.8 Å². The fourth-order valence-corrected chi connectivity index (χ4v) is 16.7. The first-order valence-electron chi connectivity index (χ1n) is 26.8. The van der Waals surface area contributed by atoms with Crippen molar-refractivity contribution in [2.75, 3.05) is 26.4 Å². The Labute approximate surface area is 432 Å². The van der Waals surface area contributed by atoms with Crippen molar-refractivity contribution >= 4 is 12.0 Å². The third-order valence-corrected chi connectivity index (χ3v) is 19.9. The highest BCUT2D eigenvalue weighted by atomic mass is 16.8. The number of ether oxygens (including phenoxy) is 9. The summed E-state index contributed by atoms with van der Waals surface area (Å²) in [6.45, 7) is 14.3. The molecule has 0 aromatic heterocycles. The second-order valence-corrected chi connectivity index (χ2v) is 24.8. The minimum atomic E-state index is -1.89. The van der Waals surface area contributed by atoms with Gasteiger partial charge in [0, 0.05) is 30.3 Å². The molecule has 9 aliphatic rings. The lowest BCUT2D eigenvalue weighted by atomic mass is 9.35. The Morgan fingerprint density at radius 2 is 1.45 bits per heavy atom. The third kappa shape index (κ3) is 8.94. The van der Waals surface area contributed by atoms with Gasteiger partial charge in [-0.2, -0.15) is 0 Å². The Morgan fingerprint density at radius 1 is 0.770 bits per heavy atom. The standard InChI is InChI=1S/C55H80O19/c1-27(2)20-30-21-53(7,65)46-31-13-14-36-51(5)18-17-37(50(3,4)35(51)16-19-52(36,6)54(31)25-55(46,74-30)67-26-54)70-49-45(73-47-41(63)39(61)33(22-56)68-47)43(32(59)24-66-49)72-48-42(64)44(40(62)34(23-57)69-48)71-38(60)15-10-28-8-11-29(58)12-9-28/h8-12,15,20,30-37,39-49,56-59,61-65H,13-14,16-19,21-26H2,1-7H3/b15-10+/t30-,31+,32-,33-,34+,35-,36+,37-,39-,40+,41+,42+,43-,44-,45+,46?,47-,48-,49-,51-,52+,53-,54-,55-/m0/s1. The molecule has 9 fully saturated rings. The number of carbonyl (C=O) groups is 1. The maximum absolute atomic E-state index is 13.1. The number of phenols is 1. The lowest BCUT2D eigenvalue weighted by Gasteiger charge is -2.70. The quantitative estimate of drug-likeness (QED) is 0.0630. The van der Waals surface area contributed by atoms with Crippen LogP contribution in [0.3, 0.4) is 0 Å². The van der Waals surface area contributed by atoms with Crippen LogP contribution < -0.4 is 0 Å². The number of esters is 1. The van der Waals surface area contributed by atoms with Crippen molar-refractivity contribution in [1.29, 1.82) is 0 Å². The lowest BCUT2D eigenvalue weighted by Crippen LogP contribution is -2.67. The molecule has 1 aromatic rings. The molecule has 24 atom stereocenters. The first kappa shape index (κ1) is 54.7. The number of benzene rings is 1. The van der Waals surface area contributed by atoms with Gasteiger partial charge in [-0.15, -0.1) is 0 Å². The SMILES string of the molecule is CC(C)=C[C@H]1C[C@](C)(O)C2[C@H]3CC[C@@H]4[C@@]5(C)CC[C@H](O[C@@H]6OC[C@H](O)[C@H](O[C@@H]7O[C@H](CO)[C@@H](O)[C@H](OC(=O)/C=C/c8ccc(O)cc8)[C@H]7O)[C@H]6O[C@@H]6O[C@@H](CO)[C@H](O)[C@H]6O)C(C)(C)[C@@H]5CC[C@@]4(C)[C@@]34CO[C@@]2(C4)O1. The summed E-state index contributed by atoms with van der Waals surface area (Å²) in [6, 6.07) is 5.98. The normalized spacial score (nSPS) is 50.4. The van der Waals surface area contributed by atoms with Crippen molar-refractivity contribution in [2.45, 2.75) is 203 Å². The lowest BCUT2D eigenvalue weighted by molar-refractivity contribution is -0.375. The number of phenolic OH excluding ortho intramolecular Hbond substituents is 1. The van der Waals surface area contributed by atoms with E-state index in [0.717, 1.165) is 50.2 Å². The Bertz CT molecular complexity index is 2250. The summed E-state index contributed by atoms with van der Waals surface area (Å²) in [5, 5.41) is 98.5. The first-order valence-corrected chi connectivity index (χ1v) is 26.8. The van der Waals surface area contributed by atoms with Crippen molar-refractivity contribution < 1.29 is 93.4 Å². The maximum Gasteiger partial charge on any atom is 0.331 e. The number of aliphatic hydroxyl groups excluding tert-OH is 7. The summed E-state index contributed by atoms with van der Waals surface area (Å²) >= 11 is 0. The molecule has 1 aromatic carbocycles. The zero-order valence-corrected chi connectivity index (χ0v) is 43.6. The monoisotopic (exact) mass is 1040 g/mol. The Morgan fingerprint density at radius 3 is 2.12 bits per heavy atom. The van der Waals surface area contributed by atoms with Crippen LogP contribution in [0.15, 0.2) is 42.0 Å². The van der Waals surface area contributed by atoms with Gasteiger partial charge in [0.25, 0.3) is 0 Å². The Kier molecular flexibility index (Phi) is 14.7. The molecule has 2 bridgehead atoms. The number of hydrogen-bond donors (Lipinski definition) is 9. The van der Waals surface area contributed by atoms with Crippen LogP contribution in [0.5, 0.6) is 5.75 Å². The van der Waals surface area contributed by atoms with E-state index in [1.165, 1.54) is 18.2 Å². The molecule has 4 saturated carbocycles. The zero-order valence-electron chi connectivity index (χ0n) is 43.6. The maximum atomic E-state index is 13.1. The van der Waals surface area contributed by atoms with E-state index in [-0.39, 0.29) is 52.5 Å². The number of aromatic hydroxyl groups is 1. The summed E-state index contributed by atoms with van der Waals surface area (Å²) in [5.74, 6) is -1.11. The summed E-state index contributed by atoms with van der Waals surface area (Å²) in [7, 11) is 0. The summed E-state index contributed by atoms with van der Waals surface area (Å²) < 4.78 is 57.0. The van der Waals surface area contributed by atoms with E-state index in [0.29, 0.717) is 30.9 Å². The zero-order chi connectivity index (χ0) is 53.1. The Balaban J connectivity index is 0.889. The average molecular weight is 1050 g/mol. The number of fused-ring (bicyclic) bond motifs is 4. The highest BCUT2D eigenvalue weighted by Gasteiger charge is 2.81. The van der Waals surface area contributed by atoms with Crippen LogP contribution in [-0.4, -0.2) is 182 Å². The number of rotatable bonds is 12. The molecule has 10 rings (SSSR count). The molecule has 9 N–H and O–H groups in total. The molecule has 1 unspecified atom stereocenters. The van der Waals surface area contributed by atoms with Crippen molar-refractivity contribution in [3.05, 3.63) is 47.6 Å². The topological polar surface area (TPSA) is 282 Å². The van der Waals surface area contributed by atoms with Crippen molar-refractivity contribution in [3.63, 3.8) is 0 Å². The minimum Gasteiger partial charge on any atom is -0.508 e. The third-order valence-electron chi connectivity index (χ3n) is 19.9. The van der Waals surface area contributed by atoms with Crippen LogP contribution in [-0.2, 0) is 47.4 Å². The molecule has 4 aliphatic carbocycles. The van der Waals surface area contributed by atoms with Crippen LogP contribution in [0.1, 0.15) is 105 Å². The van der Waals surface area contributed by atoms with Gasteiger partial charge in [-0.05, 0) is 117 Å². The smallest absolute Gasteiger partial charge is 0.331 e. The number of allylic oxidation sites excluding steroid dienone is 1. The molecule has 0 amide bonds. The van der Waals surface area contributed by atoms with Gasteiger partial charge in [-0.25, -0.2) is 4.79 Å². The van der Waals surface area contributed by atoms with Crippen LogP contribution in [0, 0.1) is 45.3 Å². The van der Waals surface area contributed by atoms with Crippen molar-refractivity contribution in [1.82, 2.24) is 0 Å². The van der Waals surface area contributed by atoms with Crippen LogP contribution in [0.4, 0.5) is 0 Å². The molecule has 5 saturated heterocycles. The predicted octanol–water partition coefficient (Wildman–Crippen LogP) is 2.58. The van der Waals surface area contributed by atoms with E-state index in [2.05, 4.69) is 47.6 Å². The van der Waals surface area contributed by atoms with Crippen molar-refractivity contribution in [2.24, 2.45) is 45.3 Å². The summed E-state index contributed by atoms with van der Waals surface area (Å²) in [6.07, 6.45) is -9.73. The molecule has 19 nitrogen and oxygen atoms in total. The molecular weight excluding hydrogens is 965 g/mol. The predicted molar refractivity (Wildman–Crippen MR) is 260 cm³/mol. The molecule has 5 aliphatic heterocycles.